The molecular weight excluding hydrogens is 213 g/mol. The molecule has 10 heavy (non-hydrogen) atoms. The monoisotopic (exact) mass is 223 g/mol. The molecule has 0 aliphatic rings. The van der Waals surface area contributed by atoms with Crippen LogP contribution in [0.15, 0.2) is 18.5 Å². The molecule has 0 aliphatic carbocycles. The maximum absolute atomic E-state index is 3.97. The van der Waals surface area contributed by atoms with Crippen LogP contribution in [0.1, 0.15) is 25.3 Å². The van der Waals surface area contributed by atoms with Gasteiger partial charge in [-0.3, -0.25) is 0 Å². The van der Waals surface area contributed by atoms with Crippen molar-refractivity contribution in [2.45, 2.75) is 19.8 Å². The zero-order valence-electron chi connectivity index (χ0n) is 6.09. The number of nitrogens with zero attached hydrogens (tertiary/aromatic N) is 1. The number of pyridine rings is 1. The van der Waals surface area contributed by atoms with Crippen LogP contribution in [0.2, 0.25) is 0 Å². The van der Waals surface area contributed by atoms with Gasteiger partial charge in [0.05, 0.1) is 0 Å². The summed E-state index contributed by atoms with van der Waals surface area (Å²) in [7, 11) is 0. The molecule has 57 valence electrons. The second-order valence-electron chi connectivity index (χ2n) is 2.35. The van der Waals surface area contributed by atoms with Crippen molar-refractivity contribution in [1.29, 1.82) is 0 Å². The Hall–Kier alpha value is -0.227. The van der Waals surface area contributed by atoms with Crippen molar-refractivity contribution in [3.05, 3.63) is 30.1 Å². The molecule has 1 heterocycles. The molecule has 0 spiro atoms. The Kier molecular flexibility index (Phi) is 4.46. The van der Waals surface area contributed by atoms with Crippen LogP contribution in [0, 0.1) is 6.07 Å². The first-order valence-corrected chi connectivity index (χ1v) is 3.12. The normalized spacial score (nSPS) is 9.10. The third-order valence-electron chi connectivity index (χ3n) is 1.25. The molecule has 1 aromatic rings. The molecule has 2 heteroatoms. The molecule has 1 rings (SSSR count). The zero-order valence-corrected chi connectivity index (χ0v) is 7.73. The average Bonchev–Trinajstić information content (AvgIpc) is 1.90. The van der Waals surface area contributed by atoms with Crippen molar-refractivity contribution in [3.8, 4) is 0 Å². The second-order valence-corrected chi connectivity index (χ2v) is 2.35. The Bertz CT molecular complexity index is 172. The molecule has 0 amide bonds. The van der Waals surface area contributed by atoms with Gasteiger partial charge in [0.2, 0.25) is 0 Å². The van der Waals surface area contributed by atoms with Crippen molar-refractivity contribution < 1.29 is 19.5 Å². The fourth-order valence-corrected chi connectivity index (χ4v) is 0.653. The van der Waals surface area contributed by atoms with Gasteiger partial charge >= 0.3 is 0 Å². The van der Waals surface area contributed by atoms with Gasteiger partial charge in [-0.2, -0.15) is 12.1 Å². The molecule has 0 aliphatic heterocycles. The molecule has 0 saturated carbocycles. The first kappa shape index (κ1) is 9.77. The molecule has 0 bridgehead atoms. The van der Waals surface area contributed by atoms with E-state index in [1.54, 1.807) is 6.20 Å². The van der Waals surface area contributed by atoms with Crippen molar-refractivity contribution in [2.24, 2.45) is 0 Å². The number of hydrogen-bond acceptors (Lipinski definition) is 1. The van der Waals surface area contributed by atoms with Crippen molar-refractivity contribution >= 4 is 0 Å². The van der Waals surface area contributed by atoms with Gasteiger partial charge in [-0.05, 0) is 5.92 Å². The van der Waals surface area contributed by atoms with Gasteiger partial charge in [-0.1, -0.05) is 26.2 Å². The number of aromatic nitrogens is 1. The van der Waals surface area contributed by atoms with Crippen molar-refractivity contribution in [3.63, 3.8) is 0 Å². The Balaban J connectivity index is 0.000000810. The van der Waals surface area contributed by atoms with E-state index in [0.29, 0.717) is 5.92 Å². The van der Waals surface area contributed by atoms with Crippen LogP contribution < -0.4 is 0 Å². The molecule has 0 atom stereocenters. The Morgan fingerprint density at radius 1 is 1.50 bits per heavy atom. The van der Waals surface area contributed by atoms with Gasteiger partial charge in [-0.25, -0.2) is 0 Å². The van der Waals surface area contributed by atoms with Gasteiger partial charge in [0.15, 0.2) is 0 Å². The van der Waals surface area contributed by atoms with Gasteiger partial charge in [0.1, 0.15) is 0 Å². The van der Waals surface area contributed by atoms with Crippen LogP contribution in [0.25, 0.3) is 0 Å². The third-order valence-corrected chi connectivity index (χ3v) is 1.25. The van der Waals surface area contributed by atoms with Crippen LogP contribution in [-0.2, 0) is 19.5 Å². The van der Waals surface area contributed by atoms with E-state index in [9.17, 15) is 0 Å². The molecule has 1 aromatic heterocycles. The molecule has 0 fully saturated rings. The summed E-state index contributed by atoms with van der Waals surface area (Å²) >= 11 is 0. The topological polar surface area (TPSA) is 12.9 Å². The largest absolute Gasteiger partial charge is 0.391 e. The molecule has 0 unspecified atom stereocenters. The molecule has 0 N–H and O–H groups in total. The van der Waals surface area contributed by atoms with E-state index in [-0.39, 0.29) is 19.5 Å². The molecule has 0 aromatic carbocycles. The Labute approximate surface area is 74.6 Å². The fourth-order valence-electron chi connectivity index (χ4n) is 0.653. The van der Waals surface area contributed by atoms with Crippen LogP contribution >= 0.6 is 0 Å². The number of rotatable bonds is 1. The summed E-state index contributed by atoms with van der Waals surface area (Å²) in [6, 6.07) is 4.95. The van der Waals surface area contributed by atoms with E-state index in [1.807, 2.05) is 12.3 Å². The fraction of sp³-hybridized carbons (Fsp3) is 0.375. The average molecular weight is 223 g/mol. The summed E-state index contributed by atoms with van der Waals surface area (Å²) in [5, 5.41) is 0. The number of hydrogen-bond donors (Lipinski definition) is 0. The van der Waals surface area contributed by atoms with Gasteiger partial charge in [-0.15, -0.1) is 5.56 Å². The summed E-state index contributed by atoms with van der Waals surface area (Å²) in [6.45, 7) is 4.26. The Morgan fingerprint density at radius 2 is 2.20 bits per heavy atom. The van der Waals surface area contributed by atoms with Crippen LogP contribution in [0.3, 0.4) is 0 Å². The quantitative estimate of drug-likeness (QED) is 0.524. The zero-order chi connectivity index (χ0) is 6.69. The predicted molar refractivity (Wildman–Crippen MR) is 37.2 cm³/mol. The molecule has 1 nitrogen and oxygen atoms in total. The third kappa shape index (κ3) is 2.57. The minimum absolute atomic E-state index is 0. The van der Waals surface area contributed by atoms with Gasteiger partial charge in [0, 0.05) is 19.5 Å². The molecular formula is C8H10NRh-. The van der Waals surface area contributed by atoms with E-state index in [2.05, 4.69) is 24.9 Å². The van der Waals surface area contributed by atoms with E-state index >= 15 is 0 Å². The van der Waals surface area contributed by atoms with Gasteiger partial charge in [0.25, 0.3) is 0 Å². The van der Waals surface area contributed by atoms with Crippen LogP contribution in [0.4, 0.5) is 0 Å². The predicted octanol–water partition coefficient (Wildman–Crippen LogP) is 2.00. The summed E-state index contributed by atoms with van der Waals surface area (Å²) in [6.07, 6.45) is 3.59. The van der Waals surface area contributed by atoms with E-state index in [0.717, 1.165) is 0 Å². The molecule has 0 saturated heterocycles. The smallest absolute Gasteiger partial charge is 0 e. The van der Waals surface area contributed by atoms with Crippen LogP contribution in [-0.4, -0.2) is 4.98 Å². The van der Waals surface area contributed by atoms with Crippen molar-refractivity contribution in [1.82, 2.24) is 4.98 Å². The maximum Gasteiger partial charge on any atom is 0 e. The summed E-state index contributed by atoms with van der Waals surface area (Å²) < 4.78 is 0. The summed E-state index contributed by atoms with van der Waals surface area (Å²) in [5.41, 5.74) is 1.18. The second kappa shape index (κ2) is 4.57. The van der Waals surface area contributed by atoms with Crippen LogP contribution in [0.5, 0.6) is 0 Å². The standard InChI is InChI=1S/C8H10N.Rh/c1-7(2)8-4-3-5-9-6-8;/h3,5-7H,1-2H3;/q-1;. The SMILES string of the molecule is CC(C)c1[c-]ccnc1.[Rh]. The van der Waals surface area contributed by atoms with E-state index < -0.39 is 0 Å². The van der Waals surface area contributed by atoms with E-state index in [4.69, 9.17) is 0 Å². The summed E-state index contributed by atoms with van der Waals surface area (Å²) in [4.78, 5) is 3.97. The summed E-state index contributed by atoms with van der Waals surface area (Å²) in [5.74, 6) is 0.540. The first-order chi connectivity index (χ1) is 4.30. The van der Waals surface area contributed by atoms with Crippen molar-refractivity contribution in [2.75, 3.05) is 0 Å². The van der Waals surface area contributed by atoms with E-state index in [1.165, 1.54) is 5.56 Å². The molecule has 1 radical (unpaired) electrons. The minimum Gasteiger partial charge on any atom is -0.391 e. The Morgan fingerprint density at radius 3 is 2.50 bits per heavy atom. The first-order valence-electron chi connectivity index (χ1n) is 3.12. The van der Waals surface area contributed by atoms with Gasteiger partial charge < -0.3 is 4.98 Å². The minimum atomic E-state index is 0. The maximum atomic E-state index is 3.97.